The molecule has 0 saturated carbocycles. The van der Waals surface area contributed by atoms with Gasteiger partial charge in [-0.15, -0.1) is 5.10 Å². The van der Waals surface area contributed by atoms with E-state index in [1.807, 2.05) is 10.9 Å². The molecule has 1 unspecified atom stereocenters. The van der Waals surface area contributed by atoms with E-state index in [0.717, 1.165) is 24.7 Å². The lowest BCUT2D eigenvalue weighted by Crippen LogP contribution is -2.33. The molecule has 0 bridgehead atoms. The maximum atomic E-state index is 5.50. The van der Waals surface area contributed by atoms with Gasteiger partial charge in [-0.25, -0.2) is 0 Å². The van der Waals surface area contributed by atoms with E-state index in [4.69, 9.17) is 5.73 Å². The van der Waals surface area contributed by atoms with Crippen LogP contribution >= 0.6 is 0 Å². The Labute approximate surface area is 104 Å². The van der Waals surface area contributed by atoms with E-state index in [9.17, 15) is 0 Å². The summed E-state index contributed by atoms with van der Waals surface area (Å²) in [5.74, 6) is 0.739. The summed E-state index contributed by atoms with van der Waals surface area (Å²) < 4.78 is 1.86. The molecular weight excluding hydrogens is 214 g/mol. The summed E-state index contributed by atoms with van der Waals surface area (Å²) in [5, 5.41) is 8.01. The van der Waals surface area contributed by atoms with Crippen LogP contribution in [0.25, 0.3) is 0 Å². The zero-order chi connectivity index (χ0) is 12.8. The number of likely N-dealkylation sites (N-methyl/N-ethyl adjacent to an activating group) is 1. The molecule has 1 heterocycles. The van der Waals surface area contributed by atoms with Crippen LogP contribution in [0.2, 0.25) is 0 Å². The fourth-order valence-corrected chi connectivity index (χ4v) is 1.88. The van der Waals surface area contributed by atoms with Gasteiger partial charge in [-0.2, -0.15) is 0 Å². The van der Waals surface area contributed by atoms with E-state index in [1.54, 1.807) is 0 Å². The summed E-state index contributed by atoms with van der Waals surface area (Å²) in [6.07, 6.45) is 3.14. The first-order valence-corrected chi connectivity index (χ1v) is 6.32. The molecule has 0 amide bonds. The zero-order valence-corrected chi connectivity index (χ0v) is 11.4. The highest BCUT2D eigenvalue weighted by atomic mass is 15.4. The number of hydrogen-bond acceptors (Lipinski definition) is 4. The first-order chi connectivity index (χ1) is 8.02. The van der Waals surface area contributed by atoms with E-state index in [1.165, 1.54) is 6.42 Å². The molecular formula is C12H25N5. The Balaban J connectivity index is 2.34. The van der Waals surface area contributed by atoms with Gasteiger partial charge in [-0.1, -0.05) is 19.1 Å². The van der Waals surface area contributed by atoms with Gasteiger partial charge in [0, 0.05) is 25.3 Å². The highest BCUT2D eigenvalue weighted by molar-refractivity contribution is 4.90. The highest BCUT2D eigenvalue weighted by Crippen LogP contribution is 2.09. The Morgan fingerprint density at radius 2 is 2.12 bits per heavy atom. The minimum absolute atomic E-state index is 0.458. The smallest absolute Gasteiger partial charge is 0.0962 e. The van der Waals surface area contributed by atoms with Crippen molar-refractivity contribution in [3.8, 4) is 0 Å². The van der Waals surface area contributed by atoms with Crippen LogP contribution < -0.4 is 5.73 Å². The van der Waals surface area contributed by atoms with Crippen molar-refractivity contribution in [2.24, 2.45) is 11.7 Å². The van der Waals surface area contributed by atoms with Crippen LogP contribution in [0.15, 0.2) is 6.20 Å². The van der Waals surface area contributed by atoms with Gasteiger partial charge in [0.1, 0.15) is 0 Å². The van der Waals surface area contributed by atoms with Crippen LogP contribution in [0, 0.1) is 5.92 Å². The van der Waals surface area contributed by atoms with Crippen molar-refractivity contribution in [3.63, 3.8) is 0 Å². The van der Waals surface area contributed by atoms with Crippen molar-refractivity contribution in [2.75, 3.05) is 13.6 Å². The van der Waals surface area contributed by atoms with E-state index in [0.29, 0.717) is 12.6 Å². The van der Waals surface area contributed by atoms with Crippen LogP contribution in [0.3, 0.4) is 0 Å². The molecule has 0 aromatic carbocycles. The first-order valence-electron chi connectivity index (χ1n) is 6.32. The summed E-state index contributed by atoms with van der Waals surface area (Å²) in [6.45, 7) is 9.10. The average Bonchev–Trinajstić information content (AvgIpc) is 2.72. The van der Waals surface area contributed by atoms with Gasteiger partial charge in [-0.3, -0.25) is 4.68 Å². The van der Waals surface area contributed by atoms with Crippen LogP contribution in [0.1, 0.15) is 32.9 Å². The third kappa shape index (κ3) is 4.83. The number of nitrogens with zero attached hydrogens (tertiary/aromatic N) is 4. The minimum Gasteiger partial charge on any atom is -0.325 e. The fraction of sp³-hybridized carbons (Fsp3) is 0.833. The third-order valence-electron chi connectivity index (χ3n) is 3.04. The summed E-state index contributed by atoms with van der Waals surface area (Å²) in [6, 6.07) is 0.604. The van der Waals surface area contributed by atoms with Crippen LogP contribution in [0.4, 0.5) is 0 Å². The molecule has 17 heavy (non-hydrogen) atoms. The standard InChI is InChI=1S/C12H25N5/c1-10(2)7-11(3)16(4)5-6-17-9-12(8-13)14-15-17/h9-11H,5-8,13H2,1-4H3. The lowest BCUT2D eigenvalue weighted by molar-refractivity contribution is 0.217. The topological polar surface area (TPSA) is 60.0 Å². The molecule has 0 fully saturated rings. The molecule has 5 heteroatoms. The van der Waals surface area contributed by atoms with Crippen molar-refractivity contribution >= 4 is 0 Å². The van der Waals surface area contributed by atoms with Crippen molar-refractivity contribution in [3.05, 3.63) is 11.9 Å². The maximum Gasteiger partial charge on any atom is 0.0962 e. The molecule has 1 aromatic rings. The summed E-state index contributed by atoms with van der Waals surface area (Å²) in [5.41, 5.74) is 6.35. The van der Waals surface area contributed by atoms with Gasteiger partial charge >= 0.3 is 0 Å². The number of rotatable bonds is 7. The molecule has 1 aromatic heterocycles. The largest absolute Gasteiger partial charge is 0.325 e. The third-order valence-corrected chi connectivity index (χ3v) is 3.04. The summed E-state index contributed by atoms with van der Waals surface area (Å²) in [7, 11) is 2.16. The van der Waals surface area contributed by atoms with E-state index in [2.05, 4.69) is 43.0 Å². The van der Waals surface area contributed by atoms with Crippen molar-refractivity contribution in [1.82, 2.24) is 19.9 Å². The molecule has 98 valence electrons. The normalized spacial score (nSPS) is 13.6. The minimum atomic E-state index is 0.458. The molecule has 0 saturated heterocycles. The molecule has 1 rings (SSSR count). The second-order valence-electron chi connectivity index (χ2n) is 5.14. The summed E-state index contributed by atoms with van der Waals surface area (Å²) in [4.78, 5) is 2.36. The molecule has 0 spiro atoms. The predicted octanol–water partition coefficient (Wildman–Crippen LogP) is 1.10. The Morgan fingerprint density at radius 3 is 2.65 bits per heavy atom. The Morgan fingerprint density at radius 1 is 1.41 bits per heavy atom. The van der Waals surface area contributed by atoms with Gasteiger partial charge in [-0.05, 0) is 26.3 Å². The van der Waals surface area contributed by atoms with E-state index >= 15 is 0 Å². The quantitative estimate of drug-likeness (QED) is 0.774. The van der Waals surface area contributed by atoms with Gasteiger partial charge in [0.2, 0.25) is 0 Å². The van der Waals surface area contributed by atoms with Gasteiger partial charge in [0.15, 0.2) is 0 Å². The Hall–Kier alpha value is -0.940. The molecule has 1 atom stereocenters. The maximum absolute atomic E-state index is 5.50. The molecule has 0 aliphatic rings. The van der Waals surface area contributed by atoms with Crippen LogP contribution in [-0.2, 0) is 13.1 Å². The SMILES string of the molecule is CC(C)CC(C)N(C)CCn1cc(CN)nn1. The number of nitrogens with two attached hydrogens (primary N) is 1. The lowest BCUT2D eigenvalue weighted by atomic mass is 10.0. The lowest BCUT2D eigenvalue weighted by Gasteiger charge is -2.25. The molecule has 2 N–H and O–H groups in total. The van der Waals surface area contributed by atoms with Crippen molar-refractivity contribution in [2.45, 2.75) is 46.3 Å². The second-order valence-corrected chi connectivity index (χ2v) is 5.14. The van der Waals surface area contributed by atoms with E-state index < -0.39 is 0 Å². The van der Waals surface area contributed by atoms with Crippen LogP contribution in [0.5, 0.6) is 0 Å². The molecule has 0 radical (unpaired) electrons. The fourth-order valence-electron chi connectivity index (χ4n) is 1.88. The monoisotopic (exact) mass is 239 g/mol. The van der Waals surface area contributed by atoms with Crippen LogP contribution in [-0.4, -0.2) is 39.5 Å². The number of aromatic nitrogens is 3. The zero-order valence-electron chi connectivity index (χ0n) is 11.4. The number of hydrogen-bond donors (Lipinski definition) is 1. The Bertz CT molecular complexity index is 320. The highest BCUT2D eigenvalue weighted by Gasteiger charge is 2.11. The first kappa shape index (κ1) is 14.1. The predicted molar refractivity (Wildman–Crippen MR) is 69.5 cm³/mol. The van der Waals surface area contributed by atoms with Gasteiger partial charge in [0.25, 0.3) is 0 Å². The van der Waals surface area contributed by atoms with Crippen molar-refractivity contribution < 1.29 is 0 Å². The van der Waals surface area contributed by atoms with Gasteiger partial charge in [0.05, 0.1) is 12.2 Å². The van der Waals surface area contributed by atoms with Crippen molar-refractivity contribution in [1.29, 1.82) is 0 Å². The summed E-state index contributed by atoms with van der Waals surface area (Å²) >= 11 is 0. The molecule has 0 aliphatic carbocycles. The molecule has 0 aliphatic heterocycles. The van der Waals surface area contributed by atoms with Gasteiger partial charge < -0.3 is 10.6 Å². The average molecular weight is 239 g/mol. The Kier molecular flexibility index (Phi) is 5.58. The van der Waals surface area contributed by atoms with E-state index in [-0.39, 0.29) is 0 Å². The second kappa shape index (κ2) is 6.71. The molecule has 5 nitrogen and oxygen atoms in total.